The van der Waals surface area contributed by atoms with Crippen LogP contribution in [0.2, 0.25) is 0 Å². The molecule has 1 saturated heterocycles. The Morgan fingerprint density at radius 3 is 2.15 bits per heavy atom. The fraction of sp³-hybridized carbons (Fsp3) is 0.333. The van der Waals surface area contributed by atoms with Crippen LogP contribution >= 0.6 is 23.5 Å². The van der Waals surface area contributed by atoms with E-state index in [1.807, 2.05) is 97.9 Å². The monoisotopic (exact) mass is 674 g/mol. The van der Waals surface area contributed by atoms with Crippen molar-refractivity contribution >= 4 is 47.3 Å². The van der Waals surface area contributed by atoms with E-state index >= 15 is 0 Å². The van der Waals surface area contributed by atoms with E-state index in [4.69, 9.17) is 9.47 Å². The minimum Gasteiger partial charge on any atom is -0.461 e. The minimum atomic E-state index is -1.16. The molecule has 0 spiro atoms. The molecule has 0 bridgehead atoms. The molecule has 2 aliphatic rings. The van der Waals surface area contributed by atoms with Crippen LogP contribution in [0.3, 0.4) is 0 Å². The normalized spacial score (nSPS) is 19.9. The van der Waals surface area contributed by atoms with Crippen LogP contribution in [0.15, 0.2) is 107 Å². The molecule has 2 heterocycles. The number of carbonyl (C=O) groups is 4. The van der Waals surface area contributed by atoms with Gasteiger partial charge in [-0.25, -0.2) is 4.79 Å². The Bertz CT molecular complexity index is 1530. The van der Waals surface area contributed by atoms with E-state index in [9.17, 15) is 24.3 Å². The number of thioether (sulfide) groups is 2. The SMILES string of the molecule is CCC(O)C(C)CC(=O)OCC1=CS[C@@H]2C(NC(=O)CSc3ccccc3)C(=O)N2C1C(=O)OC(c1ccccc1)c1ccccc1. The lowest BCUT2D eigenvalue weighted by molar-refractivity contribution is -0.166. The number of aliphatic hydroxyl groups excluding tert-OH is 1. The number of ether oxygens (including phenoxy) is 2. The Hall–Kier alpha value is -4.06. The molecule has 2 aliphatic heterocycles. The van der Waals surface area contributed by atoms with Crippen molar-refractivity contribution in [2.75, 3.05) is 12.4 Å². The first-order chi connectivity index (χ1) is 22.8. The van der Waals surface area contributed by atoms with E-state index in [1.165, 1.54) is 28.4 Å². The second kappa shape index (κ2) is 16.2. The maximum atomic E-state index is 14.1. The van der Waals surface area contributed by atoms with Gasteiger partial charge in [0.15, 0.2) is 12.1 Å². The topological polar surface area (TPSA) is 122 Å². The Morgan fingerprint density at radius 1 is 0.957 bits per heavy atom. The number of nitrogens with one attached hydrogen (secondary N) is 1. The van der Waals surface area contributed by atoms with Crippen LogP contribution in [0, 0.1) is 5.92 Å². The van der Waals surface area contributed by atoms with Crippen LogP contribution < -0.4 is 5.32 Å². The lowest BCUT2D eigenvalue weighted by Gasteiger charge is -2.51. The highest BCUT2D eigenvalue weighted by atomic mass is 32.2. The molecule has 0 saturated carbocycles. The van der Waals surface area contributed by atoms with Crippen molar-refractivity contribution in [3.05, 3.63) is 113 Å². The third-order valence-electron chi connectivity index (χ3n) is 8.12. The summed E-state index contributed by atoms with van der Waals surface area (Å²) in [5.41, 5.74) is 1.90. The summed E-state index contributed by atoms with van der Waals surface area (Å²) in [4.78, 5) is 55.6. The van der Waals surface area contributed by atoms with Crippen molar-refractivity contribution in [2.45, 2.75) is 61.3 Å². The van der Waals surface area contributed by atoms with Gasteiger partial charge in [-0.3, -0.25) is 14.4 Å². The number of rotatable bonds is 14. The number of β-lactam (4-membered cyclic amide) rings is 1. The second-order valence-electron chi connectivity index (χ2n) is 11.5. The van der Waals surface area contributed by atoms with Crippen molar-refractivity contribution in [1.29, 1.82) is 0 Å². The van der Waals surface area contributed by atoms with Crippen LogP contribution in [0.5, 0.6) is 0 Å². The summed E-state index contributed by atoms with van der Waals surface area (Å²) in [6.07, 6.45) is -0.870. The molecule has 4 unspecified atom stereocenters. The average molecular weight is 675 g/mol. The van der Waals surface area contributed by atoms with E-state index in [0.717, 1.165) is 16.0 Å². The number of hydrogen-bond acceptors (Lipinski definition) is 9. The lowest BCUT2D eigenvalue weighted by atomic mass is 9.97. The molecule has 0 aromatic heterocycles. The van der Waals surface area contributed by atoms with E-state index in [0.29, 0.717) is 12.0 Å². The van der Waals surface area contributed by atoms with Crippen LogP contribution in [-0.4, -0.2) is 69.7 Å². The number of hydrogen-bond donors (Lipinski definition) is 2. The zero-order valence-corrected chi connectivity index (χ0v) is 27.8. The molecule has 3 aromatic carbocycles. The van der Waals surface area contributed by atoms with E-state index in [-0.39, 0.29) is 30.6 Å². The van der Waals surface area contributed by atoms with Gasteiger partial charge < -0.3 is 24.8 Å². The number of esters is 2. The predicted octanol–water partition coefficient (Wildman–Crippen LogP) is 5.10. The number of carbonyl (C=O) groups excluding carboxylic acids is 4. The molecule has 2 amide bonds. The van der Waals surface area contributed by atoms with Gasteiger partial charge in [-0.1, -0.05) is 92.7 Å². The van der Waals surface area contributed by atoms with Crippen molar-refractivity contribution in [3.8, 4) is 0 Å². The Labute approximate surface area is 283 Å². The quantitative estimate of drug-likeness (QED) is 0.137. The van der Waals surface area contributed by atoms with E-state index in [2.05, 4.69) is 5.32 Å². The van der Waals surface area contributed by atoms with Crippen LogP contribution in [-0.2, 0) is 28.7 Å². The molecule has 47 heavy (non-hydrogen) atoms. The van der Waals surface area contributed by atoms with Gasteiger partial charge in [0.1, 0.15) is 18.0 Å². The van der Waals surface area contributed by atoms with Crippen molar-refractivity contribution in [2.24, 2.45) is 5.92 Å². The Balaban J connectivity index is 1.34. The molecule has 5 rings (SSSR count). The highest BCUT2D eigenvalue weighted by Gasteiger charge is 2.56. The number of nitrogens with zero attached hydrogens (tertiary/aromatic N) is 1. The first kappa shape index (κ1) is 34.3. The maximum Gasteiger partial charge on any atom is 0.334 e. The average Bonchev–Trinajstić information content (AvgIpc) is 3.11. The zero-order valence-electron chi connectivity index (χ0n) is 26.2. The summed E-state index contributed by atoms with van der Waals surface area (Å²) in [7, 11) is 0. The fourth-order valence-electron chi connectivity index (χ4n) is 5.49. The molecule has 5 atom stereocenters. The molecule has 0 radical (unpaired) electrons. The van der Waals surface area contributed by atoms with Crippen molar-refractivity contribution < 1.29 is 33.8 Å². The first-order valence-electron chi connectivity index (χ1n) is 15.5. The predicted molar refractivity (Wildman–Crippen MR) is 181 cm³/mol. The molecule has 2 N–H and O–H groups in total. The molecular formula is C36H38N2O7S2. The molecule has 9 nitrogen and oxygen atoms in total. The number of fused-ring (bicyclic) bond motifs is 1. The summed E-state index contributed by atoms with van der Waals surface area (Å²) in [6.45, 7) is 3.38. The zero-order chi connectivity index (χ0) is 33.3. The first-order valence-corrected chi connectivity index (χ1v) is 17.5. The Morgan fingerprint density at radius 2 is 1.55 bits per heavy atom. The summed E-state index contributed by atoms with van der Waals surface area (Å²) in [6, 6.07) is 26.1. The van der Waals surface area contributed by atoms with Crippen LogP contribution in [0.4, 0.5) is 0 Å². The number of benzene rings is 3. The van der Waals surface area contributed by atoms with Crippen molar-refractivity contribution in [1.82, 2.24) is 10.2 Å². The Kier molecular flexibility index (Phi) is 11.8. The molecule has 3 aromatic rings. The van der Waals surface area contributed by atoms with Gasteiger partial charge >= 0.3 is 11.9 Å². The standard InChI is InChI=1S/C36H38N2O7S2/c1-3-28(39)23(2)19-30(41)44-20-26-21-47-35-31(37-29(40)22-46-27-17-11-6-12-18-27)34(42)38(35)32(26)36(43)45-33(24-13-7-4-8-14-24)25-15-9-5-10-16-25/h4-18,21,23,28,31-33,35,39H,3,19-20,22H2,1-2H3,(H,37,40)/t23?,28?,31?,32?,35-/m1/s1. The molecule has 246 valence electrons. The largest absolute Gasteiger partial charge is 0.461 e. The molecule has 1 fully saturated rings. The van der Waals surface area contributed by atoms with Crippen molar-refractivity contribution in [3.63, 3.8) is 0 Å². The third-order valence-corrected chi connectivity index (χ3v) is 10.4. The van der Waals surface area contributed by atoms with Gasteiger partial charge in [-0.15, -0.1) is 23.5 Å². The summed E-state index contributed by atoms with van der Waals surface area (Å²) in [5, 5.41) is 14.1. The highest BCUT2D eigenvalue weighted by Crippen LogP contribution is 2.41. The maximum absolute atomic E-state index is 14.1. The lowest BCUT2D eigenvalue weighted by Crippen LogP contribution is -2.74. The number of aliphatic hydroxyl groups is 1. The van der Waals surface area contributed by atoms with Gasteiger partial charge in [0.2, 0.25) is 11.8 Å². The summed E-state index contributed by atoms with van der Waals surface area (Å²) < 4.78 is 11.7. The van der Waals surface area contributed by atoms with Crippen LogP contribution in [0.25, 0.3) is 0 Å². The summed E-state index contributed by atoms with van der Waals surface area (Å²) >= 11 is 2.65. The third kappa shape index (κ3) is 8.46. The van der Waals surface area contributed by atoms with Gasteiger partial charge in [-0.2, -0.15) is 0 Å². The highest BCUT2D eigenvalue weighted by molar-refractivity contribution is 8.03. The summed E-state index contributed by atoms with van der Waals surface area (Å²) in [5.74, 6) is -2.08. The van der Waals surface area contributed by atoms with Gasteiger partial charge in [0.05, 0.1) is 18.3 Å². The van der Waals surface area contributed by atoms with Crippen LogP contribution in [0.1, 0.15) is 43.9 Å². The van der Waals surface area contributed by atoms with E-state index < -0.39 is 47.5 Å². The minimum absolute atomic E-state index is 0.00893. The molecule has 0 aliphatic carbocycles. The molecule has 11 heteroatoms. The van der Waals surface area contributed by atoms with Gasteiger partial charge in [-0.05, 0) is 41.0 Å². The second-order valence-corrected chi connectivity index (χ2v) is 13.5. The van der Waals surface area contributed by atoms with E-state index in [1.54, 1.807) is 12.3 Å². The van der Waals surface area contributed by atoms with Gasteiger partial charge in [0.25, 0.3) is 0 Å². The number of amides is 2. The molecular weight excluding hydrogens is 637 g/mol. The smallest absolute Gasteiger partial charge is 0.334 e. The van der Waals surface area contributed by atoms with Gasteiger partial charge in [0, 0.05) is 10.5 Å². The fourth-order valence-corrected chi connectivity index (χ4v) is 7.43.